The lowest BCUT2D eigenvalue weighted by Gasteiger charge is -2.06. The summed E-state index contributed by atoms with van der Waals surface area (Å²) in [6, 6.07) is 10.4. The Labute approximate surface area is 145 Å². The average Bonchev–Trinajstić information content (AvgIpc) is 3.04. The summed E-state index contributed by atoms with van der Waals surface area (Å²) in [5, 5.41) is 9.03. The number of aromatic nitrogens is 6. The summed E-state index contributed by atoms with van der Waals surface area (Å²) in [7, 11) is 0. The molecular formula is C19H20N6. The fourth-order valence-corrected chi connectivity index (χ4v) is 3.34. The normalized spacial score (nSPS) is 14.5. The molecule has 0 radical (unpaired) electrons. The minimum Gasteiger partial charge on any atom is -0.335 e. The molecule has 1 aliphatic rings. The Kier molecular flexibility index (Phi) is 3.07. The molecule has 4 aromatic rings. The van der Waals surface area contributed by atoms with Gasteiger partial charge in [0.25, 0.3) is 0 Å². The third kappa shape index (κ3) is 2.54. The number of imidazole rings is 1. The average molecular weight is 332 g/mol. The van der Waals surface area contributed by atoms with Gasteiger partial charge in [-0.25, -0.2) is 14.3 Å². The highest BCUT2D eigenvalue weighted by Gasteiger charge is 2.23. The number of nitrogens with one attached hydrogen (secondary N) is 1. The summed E-state index contributed by atoms with van der Waals surface area (Å²) in [4.78, 5) is 8.20. The van der Waals surface area contributed by atoms with E-state index in [4.69, 9.17) is 4.98 Å². The number of H-pyrrole nitrogens is 1. The van der Waals surface area contributed by atoms with Crippen molar-refractivity contribution >= 4 is 11.2 Å². The number of aryl methyl sites for hydroxylation is 2. The second-order valence-corrected chi connectivity index (χ2v) is 6.98. The molecule has 1 saturated carbocycles. The number of hydrogen-bond acceptors (Lipinski definition) is 3. The van der Waals surface area contributed by atoms with Crippen molar-refractivity contribution in [1.29, 1.82) is 0 Å². The maximum Gasteiger partial charge on any atom is 0.176 e. The van der Waals surface area contributed by atoms with E-state index in [-0.39, 0.29) is 0 Å². The Morgan fingerprint density at radius 1 is 1.20 bits per heavy atom. The first-order valence-corrected chi connectivity index (χ1v) is 8.73. The Morgan fingerprint density at radius 2 is 2.08 bits per heavy atom. The van der Waals surface area contributed by atoms with Gasteiger partial charge in [-0.3, -0.25) is 0 Å². The molecule has 1 fully saturated rings. The van der Waals surface area contributed by atoms with Gasteiger partial charge in [0.1, 0.15) is 11.3 Å². The molecule has 6 heteroatoms. The van der Waals surface area contributed by atoms with Crippen molar-refractivity contribution in [1.82, 2.24) is 29.5 Å². The van der Waals surface area contributed by atoms with Gasteiger partial charge in [0, 0.05) is 17.8 Å². The van der Waals surface area contributed by atoms with E-state index in [1.807, 2.05) is 28.6 Å². The van der Waals surface area contributed by atoms with Gasteiger partial charge < -0.3 is 4.98 Å². The van der Waals surface area contributed by atoms with Gasteiger partial charge in [0.2, 0.25) is 0 Å². The SMILES string of the molecule is Cc1cc(C)n(-c2cccc(-c3nc4c(cnn4CC4CC4)[nH]3)c2)n1. The number of fused-ring (bicyclic) bond motifs is 1. The van der Waals surface area contributed by atoms with E-state index in [2.05, 4.69) is 46.4 Å². The van der Waals surface area contributed by atoms with Crippen molar-refractivity contribution in [2.75, 3.05) is 0 Å². The summed E-state index contributed by atoms with van der Waals surface area (Å²) in [6.07, 6.45) is 4.49. The third-order valence-corrected chi connectivity index (χ3v) is 4.78. The van der Waals surface area contributed by atoms with Crippen LogP contribution in [0.15, 0.2) is 36.5 Å². The van der Waals surface area contributed by atoms with Crippen molar-refractivity contribution < 1.29 is 0 Å². The summed E-state index contributed by atoms with van der Waals surface area (Å²) >= 11 is 0. The van der Waals surface area contributed by atoms with Crippen LogP contribution >= 0.6 is 0 Å². The fraction of sp³-hybridized carbons (Fsp3) is 0.316. The zero-order valence-corrected chi connectivity index (χ0v) is 14.4. The second kappa shape index (κ2) is 5.31. The summed E-state index contributed by atoms with van der Waals surface area (Å²) in [6.45, 7) is 5.05. The number of hydrogen-bond donors (Lipinski definition) is 1. The highest BCUT2D eigenvalue weighted by atomic mass is 15.3. The Hall–Kier alpha value is -2.89. The van der Waals surface area contributed by atoms with Crippen molar-refractivity contribution in [2.24, 2.45) is 5.92 Å². The van der Waals surface area contributed by atoms with E-state index in [9.17, 15) is 0 Å². The molecule has 0 amide bonds. The zero-order chi connectivity index (χ0) is 17.0. The van der Waals surface area contributed by atoms with Crippen LogP contribution < -0.4 is 0 Å². The van der Waals surface area contributed by atoms with Crippen LogP contribution in [0.3, 0.4) is 0 Å². The largest absolute Gasteiger partial charge is 0.335 e. The molecule has 5 rings (SSSR count). The maximum atomic E-state index is 4.80. The zero-order valence-electron chi connectivity index (χ0n) is 14.4. The van der Waals surface area contributed by atoms with Crippen molar-refractivity contribution in [2.45, 2.75) is 33.2 Å². The van der Waals surface area contributed by atoms with Gasteiger partial charge in [-0.2, -0.15) is 10.2 Å². The molecule has 3 heterocycles. The Balaban J connectivity index is 1.54. The molecule has 0 spiro atoms. The van der Waals surface area contributed by atoms with E-state index in [1.54, 1.807) is 0 Å². The first kappa shape index (κ1) is 14.5. The quantitative estimate of drug-likeness (QED) is 0.620. The molecule has 126 valence electrons. The highest BCUT2D eigenvalue weighted by Crippen LogP contribution is 2.31. The molecule has 1 N–H and O–H groups in total. The molecule has 25 heavy (non-hydrogen) atoms. The number of nitrogens with zero attached hydrogens (tertiary/aromatic N) is 5. The number of benzene rings is 1. The van der Waals surface area contributed by atoms with E-state index >= 15 is 0 Å². The maximum absolute atomic E-state index is 4.80. The summed E-state index contributed by atoms with van der Waals surface area (Å²) < 4.78 is 3.99. The molecule has 0 saturated heterocycles. The van der Waals surface area contributed by atoms with Gasteiger partial charge in [0.05, 0.1) is 17.6 Å². The fourth-order valence-electron chi connectivity index (χ4n) is 3.34. The number of aromatic amines is 1. The van der Waals surface area contributed by atoms with E-state index in [0.29, 0.717) is 0 Å². The van der Waals surface area contributed by atoms with E-state index < -0.39 is 0 Å². The molecule has 0 atom stereocenters. The predicted octanol–water partition coefficient (Wildman–Crippen LogP) is 3.64. The number of rotatable bonds is 4. The summed E-state index contributed by atoms with van der Waals surface area (Å²) in [5.74, 6) is 1.65. The smallest absolute Gasteiger partial charge is 0.176 e. The van der Waals surface area contributed by atoms with Gasteiger partial charge in [0.15, 0.2) is 5.65 Å². The Morgan fingerprint density at radius 3 is 2.84 bits per heavy atom. The van der Waals surface area contributed by atoms with Gasteiger partial charge in [-0.15, -0.1) is 0 Å². The molecule has 1 aliphatic carbocycles. The predicted molar refractivity (Wildman–Crippen MR) is 96.6 cm³/mol. The van der Waals surface area contributed by atoms with Crippen LogP contribution in [0.4, 0.5) is 0 Å². The van der Waals surface area contributed by atoms with Crippen LogP contribution in [0, 0.1) is 19.8 Å². The lowest BCUT2D eigenvalue weighted by atomic mass is 10.2. The van der Waals surface area contributed by atoms with Crippen LogP contribution in [0.1, 0.15) is 24.2 Å². The first-order chi connectivity index (χ1) is 12.2. The molecule has 6 nitrogen and oxygen atoms in total. The molecule has 0 unspecified atom stereocenters. The van der Waals surface area contributed by atoms with E-state index in [0.717, 1.165) is 52.1 Å². The highest BCUT2D eigenvalue weighted by molar-refractivity contribution is 5.76. The second-order valence-electron chi connectivity index (χ2n) is 6.98. The lowest BCUT2D eigenvalue weighted by molar-refractivity contribution is 0.576. The van der Waals surface area contributed by atoms with Crippen LogP contribution in [-0.2, 0) is 6.54 Å². The van der Waals surface area contributed by atoms with E-state index in [1.165, 1.54) is 12.8 Å². The van der Waals surface area contributed by atoms with Crippen molar-refractivity contribution in [3.8, 4) is 17.1 Å². The standard InChI is InChI=1S/C19H20N6/c1-12-8-13(2)25(23-12)16-5-3-4-15(9-16)18-21-17-10-20-24(19(17)22-18)11-14-6-7-14/h3-5,8-10,14H,6-7,11H2,1-2H3,(H,21,22). The van der Waals surface area contributed by atoms with Crippen molar-refractivity contribution in [3.63, 3.8) is 0 Å². The van der Waals surface area contributed by atoms with Crippen molar-refractivity contribution in [3.05, 3.63) is 47.9 Å². The summed E-state index contributed by atoms with van der Waals surface area (Å²) in [5.41, 5.74) is 6.18. The van der Waals surface area contributed by atoms with Crippen LogP contribution in [0.5, 0.6) is 0 Å². The minimum atomic E-state index is 0.776. The molecule has 3 aromatic heterocycles. The minimum absolute atomic E-state index is 0.776. The monoisotopic (exact) mass is 332 g/mol. The molecule has 0 bridgehead atoms. The van der Waals surface area contributed by atoms with Gasteiger partial charge >= 0.3 is 0 Å². The van der Waals surface area contributed by atoms with Gasteiger partial charge in [-0.05, 0) is 50.8 Å². The Bertz CT molecular complexity index is 1060. The van der Waals surface area contributed by atoms with Crippen LogP contribution in [-0.4, -0.2) is 29.5 Å². The first-order valence-electron chi connectivity index (χ1n) is 8.73. The van der Waals surface area contributed by atoms with Crippen LogP contribution in [0.25, 0.3) is 28.2 Å². The third-order valence-electron chi connectivity index (χ3n) is 4.78. The topological polar surface area (TPSA) is 64.3 Å². The molecule has 0 aliphatic heterocycles. The lowest BCUT2D eigenvalue weighted by Crippen LogP contribution is -2.02. The molecular weight excluding hydrogens is 312 g/mol. The molecule has 1 aromatic carbocycles. The van der Waals surface area contributed by atoms with Crippen LogP contribution in [0.2, 0.25) is 0 Å². The van der Waals surface area contributed by atoms with Gasteiger partial charge in [-0.1, -0.05) is 12.1 Å².